The summed E-state index contributed by atoms with van der Waals surface area (Å²) in [5.74, 6) is 0. The molecular weight excluding hydrogens is 284 g/mol. The van der Waals surface area contributed by atoms with Crippen LogP contribution < -0.4 is 5.73 Å². The molecule has 0 bridgehead atoms. The number of anilines is 1. The Morgan fingerprint density at radius 2 is 1.48 bits per heavy atom. The van der Waals surface area contributed by atoms with Crippen LogP contribution in [-0.2, 0) is 0 Å². The van der Waals surface area contributed by atoms with Crippen molar-refractivity contribution in [1.29, 1.82) is 0 Å². The summed E-state index contributed by atoms with van der Waals surface area (Å²) in [7, 11) is 0. The lowest BCUT2D eigenvalue weighted by molar-refractivity contribution is 0.0682. The van der Waals surface area contributed by atoms with Crippen LogP contribution in [0.4, 0.5) is 5.69 Å². The van der Waals surface area contributed by atoms with Crippen LogP contribution in [0.5, 0.6) is 0 Å². The van der Waals surface area contributed by atoms with Crippen LogP contribution in [0.2, 0.25) is 0 Å². The molecule has 0 spiro atoms. The first kappa shape index (κ1) is 14.0. The summed E-state index contributed by atoms with van der Waals surface area (Å²) >= 11 is 0. The fourth-order valence-corrected chi connectivity index (χ4v) is 3.30. The number of nitrogens with two attached hydrogens (primary N) is 1. The molecule has 0 aliphatic carbocycles. The Balaban J connectivity index is 1.58. The third kappa shape index (κ3) is 2.73. The van der Waals surface area contributed by atoms with Gasteiger partial charge in [-0.2, -0.15) is 5.10 Å². The highest BCUT2D eigenvalue weighted by molar-refractivity contribution is 5.33. The lowest BCUT2D eigenvalue weighted by atomic mass is 9.93. The predicted molar refractivity (Wildman–Crippen MR) is 92.0 cm³/mol. The number of hydrogen-bond acceptors (Lipinski definition) is 3. The molecular formula is C19H20N4. The van der Waals surface area contributed by atoms with Crippen molar-refractivity contribution in [3.8, 4) is 0 Å². The van der Waals surface area contributed by atoms with Gasteiger partial charge in [0.2, 0.25) is 0 Å². The summed E-state index contributed by atoms with van der Waals surface area (Å²) in [5, 5.41) is 4.34. The van der Waals surface area contributed by atoms with E-state index in [1.807, 2.05) is 10.9 Å². The molecule has 4 rings (SSSR count). The summed E-state index contributed by atoms with van der Waals surface area (Å²) in [4.78, 5) is 2.49. The second kappa shape index (κ2) is 5.89. The monoisotopic (exact) mass is 304 g/mol. The molecule has 2 N–H and O–H groups in total. The van der Waals surface area contributed by atoms with Gasteiger partial charge in [-0.25, -0.2) is 0 Å². The Kier molecular flexibility index (Phi) is 3.60. The molecule has 1 aromatic heterocycles. The molecule has 3 aromatic rings. The molecule has 23 heavy (non-hydrogen) atoms. The van der Waals surface area contributed by atoms with Crippen LogP contribution in [0, 0.1) is 0 Å². The first-order valence-corrected chi connectivity index (χ1v) is 7.95. The number of rotatable bonds is 4. The predicted octanol–water partition coefficient (Wildman–Crippen LogP) is 3.11. The van der Waals surface area contributed by atoms with Gasteiger partial charge in [0.1, 0.15) is 0 Å². The van der Waals surface area contributed by atoms with Crippen molar-refractivity contribution < 1.29 is 0 Å². The van der Waals surface area contributed by atoms with E-state index < -0.39 is 0 Å². The highest BCUT2D eigenvalue weighted by Crippen LogP contribution is 2.35. The summed E-state index contributed by atoms with van der Waals surface area (Å²) in [6.07, 6.45) is 3.64. The lowest BCUT2D eigenvalue weighted by Crippen LogP contribution is -2.49. The van der Waals surface area contributed by atoms with E-state index in [0.717, 1.165) is 18.8 Å². The Morgan fingerprint density at radius 3 is 1.96 bits per heavy atom. The van der Waals surface area contributed by atoms with Gasteiger partial charge in [0.05, 0.1) is 24.0 Å². The lowest BCUT2D eigenvalue weighted by Gasteiger charge is -2.44. The first-order valence-electron chi connectivity index (χ1n) is 7.95. The largest absolute Gasteiger partial charge is 0.396 e. The minimum atomic E-state index is 0.293. The molecule has 1 aliphatic rings. The maximum absolute atomic E-state index is 5.77. The molecule has 0 saturated carbocycles. The molecule has 0 atom stereocenters. The van der Waals surface area contributed by atoms with Crippen molar-refractivity contribution in [3.05, 3.63) is 84.2 Å². The highest BCUT2D eigenvalue weighted by Gasteiger charge is 2.35. The SMILES string of the molecule is Nc1cnn(C2CN(C(c3ccccc3)c3ccccc3)C2)c1. The van der Waals surface area contributed by atoms with Gasteiger partial charge in [-0.1, -0.05) is 60.7 Å². The van der Waals surface area contributed by atoms with E-state index in [9.17, 15) is 0 Å². The summed E-state index contributed by atoms with van der Waals surface area (Å²) in [6.45, 7) is 1.96. The van der Waals surface area contributed by atoms with E-state index >= 15 is 0 Å². The Bertz CT molecular complexity index is 721. The maximum atomic E-state index is 5.77. The zero-order valence-electron chi connectivity index (χ0n) is 12.9. The average molecular weight is 304 g/mol. The summed E-state index contributed by atoms with van der Waals surface area (Å²) in [5.41, 5.74) is 9.16. The average Bonchev–Trinajstić information content (AvgIpc) is 2.98. The molecule has 2 aromatic carbocycles. The standard InChI is InChI=1S/C19H20N4/c20-17-11-21-23(12-17)18-13-22(14-18)19(15-7-3-1-4-8-15)16-9-5-2-6-10-16/h1-12,18-19H,13-14,20H2. The number of benzene rings is 2. The second-order valence-electron chi connectivity index (χ2n) is 6.09. The van der Waals surface area contributed by atoms with Gasteiger partial charge in [0.15, 0.2) is 0 Å². The van der Waals surface area contributed by atoms with Crippen LogP contribution in [0.3, 0.4) is 0 Å². The minimum absolute atomic E-state index is 0.293. The van der Waals surface area contributed by atoms with Crippen molar-refractivity contribution in [3.63, 3.8) is 0 Å². The molecule has 0 radical (unpaired) electrons. The third-order valence-corrected chi connectivity index (χ3v) is 4.48. The number of hydrogen-bond donors (Lipinski definition) is 1. The summed E-state index contributed by atoms with van der Waals surface area (Å²) < 4.78 is 1.98. The van der Waals surface area contributed by atoms with Crippen LogP contribution >= 0.6 is 0 Å². The van der Waals surface area contributed by atoms with Crippen molar-refractivity contribution in [1.82, 2.24) is 14.7 Å². The van der Waals surface area contributed by atoms with E-state index in [0.29, 0.717) is 12.1 Å². The van der Waals surface area contributed by atoms with Crippen LogP contribution in [0.15, 0.2) is 73.1 Å². The molecule has 4 nitrogen and oxygen atoms in total. The molecule has 1 fully saturated rings. The highest BCUT2D eigenvalue weighted by atomic mass is 15.4. The molecule has 2 heterocycles. The molecule has 0 unspecified atom stereocenters. The second-order valence-corrected chi connectivity index (χ2v) is 6.09. The van der Waals surface area contributed by atoms with E-state index in [2.05, 4.69) is 70.7 Å². The van der Waals surface area contributed by atoms with Gasteiger partial charge in [-0.3, -0.25) is 9.58 Å². The Hall–Kier alpha value is -2.59. The number of likely N-dealkylation sites (tertiary alicyclic amines) is 1. The minimum Gasteiger partial charge on any atom is -0.396 e. The van der Waals surface area contributed by atoms with Gasteiger partial charge >= 0.3 is 0 Å². The number of nitrogens with zero attached hydrogens (tertiary/aromatic N) is 3. The van der Waals surface area contributed by atoms with Gasteiger partial charge in [0, 0.05) is 19.3 Å². The molecule has 1 saturated heterocycles. The molecule has 4 heteroatoms. The van der Waals surface area contributed by atoms with Crippen LogP contribution in [-0.4, -0.2) is 27.8 Å². The zero-order chi connectivity index (χ0) is 15.6. The van der Waals surface area contributed by atoms with Gasteiger partial charge in [-0.05, 0) is 11.1 Å². The number of nitrogen functional groups attached to an aromatic ring is 1. The fourth-order valence-electron chi connectivity index (χ4n) is 3.30. The van der Waals surface area contributed by atoms with Crippen LogP contribution in [0.25, 0.3) is 0 Å². The maximum Gasteiger partial charge on any atom is 0.0774 e. The molecule has 1 aliphatic heterocycles. The summed E-state index contributed by atoms with van der Waals surface area (Å²) in [6, 6.07) is 22.1. The quantitative estimate of drug-likeness (QED) is 0.805. The van der Waals surface area contributed by atoms with Crippen molar-refractivity contribution in [2.24, 2.45) is 0 Å². The molecule has 0 amide bonds. The topological polar surface area (TPSA) is 47.1 Å². The van der Waals surface area contributed by atoms with Crippen LogP contribution in [0.1, 0.15) is 23.2 Å². The van der Waals surface area contributed by atoms with E-state index in [1.165, 1.54) is 11.1 Å². The first-order chi connectivity index (χ1) is 11.3. The smallest absolute Gasteiger partial charge is 0.0774 e. The Labute approximate surface area is 136 Å². The van der Waals surface area contributed by atoms with Gasteiger partial charge in [0.25, 0.3) is 0 Å². The normalized spacial score (nSPS) is 15.7. The van der Waals surface area contributed by atoms with E-state index in [4.69, 9.17) is 5.73 Å². The van der Waals surface area contributed by atoms with E-state index in [-0.39, 0.29) is 0 Å². The van der Waals surface area contributed by atoms with Gasteiger partial charge in [-0.15, -0.1) is 0 Å². The van der Waals surface area contributed by atoms with Gasteiger partial charge < -0.3 is 5.73 Å². The third-order valence-electron chi connectivity index (χ3n) is 4.48. The van der Waals surface area contributed by atoms with Crippen molar-refractivity contribution >= 4 is 5.69 Å². The zero-order valence-corrected chi connectivity index (χ0v) is 12.9. The van der Waals surface area contributed by atoms with Crippen molar-refractivity contribution in [2.75, 3.05) is 18.8 Å². The molecule has 116 valence electrons. The fraction of sp³-hybridized carbons (Fsp3) is 0.211. The number of aromatic nitrogens is 2. The Morgan fingerprint density at radius 1 is 0.913 bits per heavy atom. The van der Waals surface area contributed by atoms with E-state index in [1.54, 1.807) is 6.20 Å². The van der Waals surface area contributed by atoms with Crippen molar-refractivity contribution in [2.45, 2.75) is 12.1 Å².